The number of amides is 2. The lowest BCUT2D eigenvalue weighted by Gasteiger charge is -2.18. The molecule has 104 valence electrons. The quantitative estimate of drug-likeness (QED) is 0.865. The van der Waals surface area contributed by atoms with Crippen molar-refractivity contribution in [3.05, 3.63) is 24.0 Å². The van der Waals surface area contributed by atoms with Gasteiger partial charge in [0, 0.05) is 38.1 Å². The van der Waals surface area contributed by atoms with E-state index < -0.39 is 0 Å². The molecule has 2 saturated heterocycles. The Kier molecular flexibility index (Phi) is 3.46. The second kappa shape index (κ2) is 5.25. The summed E-state index contributed by atoms with van der Waals surface area (Å²) < 4.78 is 0. The molecule has 0 aliphatic carbocycles. The van der Waals surface area contributed by atoms with Crippen molar-refractivity contribution < 1.29 is 4.79 Å². The Balaban J connectivity index is 1.59. The van der Waals surface area contributed by atoms with Gasteiger partial charge >= 0.3 is 6.03 Å². The van der Waals surface area contributed by atoms with E-state index >= 15 is 0 Å². The number of aromatic nitrogens is 1. The van der Waals surface area contributed by atoms with Crippen molar-refractivity contribution in [1.82, 2.24) is 20.1 Å². The van der Waals surface area contributed by atoms with E-state index in [0.29, 0.717) is 6.04 Å². The van der Waals surface area contributed by atoms with Crippen LogP contribution in [0.15, 0.2) is 18.3 Å². The van der Waals surface area contributed by atoms with Gasteiger partial charge in [-0.2, -0.15) is 0 Å². The maximum Gasteiger partial charge on any atom is 0.320 e. The van der Waals surface area contributed by atoms with Crippen molar-refractivity contribution in [2.45, 2.75) is 31.3 Å². The number of hydrogen-bond acceptors (Lipinski definition) is 2. The highest BCUT2D eigenvalue weighted by atomic mass is 16.2. The zero-order valence-corrected chi connectivity index (χ0v) is 11.4. The van der Waals surface area contributed by atoms with E-state index in [1.54, 1.807) is 0 Å². The van der Waals surface area contributed by atoms with E-state index in [4.69, 9.17) is 0 Å². The number of carbonyl (C=O) groups excluding carboxylic acids is 1. The second-order valence-electron chi connectivity index (χ2n) is 5.56. The van der Waals surface area contributed by atoms with E-state index in [1.165, 1.54) is 12.8 Å². The van der Waals surface area contributed by atoms with Crippen molar-refractivity contribution in [2.24, 2.45) is 0 Å². The predicted molar refractivity (Wildman–Crippen MR) is 73.9 cm³/mol. The SMILES string of the molecule is CN1C(=O)N(CCC2CCCN2)CC1c1ccc[nH]1. The Morgan fingerprint density at radius 2 is 2.37 bits per heavy atom. The highest BCUT2D eigenvalue weighted by Crippen LogP contribution is 2.27. The molecule has 2 amide bonds. The summed E-state index contributed by atoms with van der Waals surface area (Å²) in [5, 5.41) is 3.49. The number of hydrogen-bond donors (Lipinski definition) is 2. The number of nitrogens with one attached hydrogen (secondary N) is 2. The minimum Gasteiger partial charge on any atom is -0.363 e. The molecule has 2 fully saturated rings. The van der Waals surface area contributed by atoms with Gasteiger partial charge in [0.15, 0.2) is 0 Å². The van der Waals surface area contributed by atoms with Crippen molar-refractivity contribution in [2.75, 3.05) is 26.7 Å². The highest BCUT2D eigenvalue weighted by Gasteiger charge is 2.35. The van der Waals surface area contributed by atoms with E-state index in [1.807, 2.05) is 29.1 Å². The lowest BCUT2D eigenvalue weighted by Crippen LogP contribution is -2.33. The van der Waals surface area contributed by atoms with Gasteiger partial charge in [-0.15, -0.1) is 0 Å². The van der Waals surface area contributed by atoms with Crippen LogP contribution in [0.4, 0.5) is 4.79 Å². The lowest BCUT2D eigenvalue weighted by atomic mass is 10.1. The maximum absolute atomic E-state index is 12.2. The fraction of sp³-hybridized carbons (Fsp3) is 0.643. The molecular formula is C14H22N4O. The van der Waals surface area contributed by atoms with Crippen LogP contribution < -0.4 is 5.32 Å². The van der Waals surface area contributed by atoms with Crippen molar-refractivity contribution in [3.63, 3.8) is 0 Å². The largest absolute Gasteiger partial charge is 0.363 e. The van der Waals surface area contributed by atoms with Crippen LogP contribution in [0.2, 0.25) is 0 Å². The van der Waals surface area contributed by atoms with Gasteiger partial charge in [0.25, 0.3) is 0 Å². The van der Waals surface area contributed by atoms with Crippen molar-refractivity contribution in [3.8, 4) is 0 Å². The number of nitrogens with zero attached hydrogens (tertiary/aromatic N) is 2. The van der Waals surface area contributed by atoms with Crippen molar-refractivity contribution >= 4 is 6.03 Å². The second-order valence-corrected chi connectivity index (χ2v) is 5.56. The molecule has 0 radical (unpaired) electrons. The monoisotopic (exact) mass is 262 g/mol. The maximum atomic E-state index is 12.2. The fourth-order valence-electron chi connectivity index (χ4n) is 3.13. The minimum absolute atomic E-state index is 0.151. The van der Waals surface area contributed by atoms with Gasteiger partial charge in [0.05, 0.1) is 6.04 Å². The smallest absolute Gasteiger partial charge is 0.320 e. The summed E-state index contributed by atoms with van der Waals surface area (Å²) in [5.74, 6) is 0. The number of urea groups is 1. The summed E-state index contributed by atoms with van der Waals surface area (Å²) in [6.45, 7) is 2.78. The van der Waals surface area contributed by atoms with Crippen LogP contribution in [-0.2, 0) is 0 Å². The van der Waals surface area contributed by atoms with E-state index in [9.17, 15) is 4.79 Å². The topological polar surface area (TPSA) is 51.4 Å². The van der Waals surface area contributed by atoms with Crippen LogP contribution in [0, 0.1) is 0 Å². The van der Waals surface area contributed by atoms with E-state index in [-0.39, 0.29) is 12.1 Å². The molecule has 2 N–H and O–H groups in total. The summed E-state index contributed by atoms with van der Waals surface area (Å²) in [6.07, 6.45) is 5.50. The minimum atomic E-state index is 0.151. The van der Waals surface area contributed by atoms with Crippen molar-refractivity contribution in [1.29, 1.82) is 0 Å². The molecule has 19 heavy (non-hydrogen) atoms. The van der Waals surface area contributed by atoms with Crippen LogP contribution in [-0.4, -0.2) is 53.5 Å². The van der Waals surface area contributed by atoms with Gasteiger partial charge in [-0.05, 0) is 37.9 Å². The zero-order chi connectivity index (χ0) is 13.2. The van der Waals surface area contributed by atoms with Gasteiger partial charge in [0.1, 0.15) is 0 Å². The molecule has 1 aromatic rings. The molecular weight excluding hydrogens is 240 g/mol. The van der Waals surface area contributed by atoms with Gasteiger partial charge in [-0.3, -0.25) is 0 Å². The van der Waals surface area contributed by atoms with Gasteiger partial charge < -0.3 is 20.1 Å². The molecule has 0 saturated carbocycles. The first-order valence-electron chi connectivity index (χ1n) is 7.14. The van der Waals surface area contributed by atoms with E-state index in [0.717, 1.165) is 31.7 Å². The molecule has 5 nitrogen and oxygen atoms in total. The third kappa shape index (κ3) is 2.47. The molecule has 2 unspecified atom stereocenters. The molecule has 0 spiro atoms. The average molecular weight is 262 g/mol. The Morgan fingerprint density at radius 3 is 3.05 bits per heavy atom. The third-order valence-electron chi connectivity index (χ3n) is 4.32. The summed E-state index contributed by atoms with van der Waals surface area (Å²) >= 11 is 0. The van der Waals surface area contributed by atoms with Gasteiger partial charge in [-0.1, -0.05) is 0 Å². The Labute approximate surface area is 114 Å². The molecule has 1 aromatic heterocycles. The zero-order valence-electron chi connectivity index (χ0n) is 11.4. The number of H-pyrrole nitrogens is 1. The molecule has 3 heterocycles. The summed E-state index contributed by atoms with van der Waals surface area (Å²) in [7, 11) is 1.89. The first-order chi connectivity index (χ1) is 9.25. The first-order valence-corrected chi connectivity index (χ1v) is 7.14. The third-order valence-corrected chi connectivity index (χ3v) is 4.32. The highest BCUT2D eigenvalue weighted by molar-refractivity contribution is 5.77. The molecule has 2 aliphatic rings. The molecule has 2 atom stereocenters. The number of rotatable bonds is 4. The fourth-order valence-corrected chi connectivity index (χ4v) is 3.13. The molecule has 3 rings (SSSR count). The first kappa shape index (κ1) is 12.5. The van der Waals surface area contributed by atoms with Crippen LogP contribution in [0.5, 0.6) is 0 Å². The Morgan fingerprint density at radius 1 is 1.47 bits per heavy atom. The standard InChI is InChI=1S/C14H22N4O/c1-17-13(12-5-3-8-16-12)10-18(14(17)19)9-6-11-4-2-7-15-11/h3,5,8,11,13,15-16H,2,4,6-7,9-10H2,1H3. The number of aromatic amines is 1. The Bertz CT molecular complexity index is 425. The average Bonchev–Trinajstić information content (AvgIpc) is 3.12. The van der Waals surface area contributed by atoms with Crippen LogP contribution >= 0.6 is 0 Å². The van der Waals surface area contributed by atoms with Gasteiger partial charge in [-0.25, -0.2) is 4.79 Å². The summed E-state index contributed by atoms with van der Waals surface area (Å²) in [6, 6.07) is 4.95. The van der Waals surface area contributed by atoms with Crippen LogP contribution in [0.25, 0.3) is 0 Å². The number of likely N-dealkylation sites (N-methyl/N-ethyl adjacent to an activating group) is 1. The predicted octanol–water partition coefficient (Wildman–Crippen LogP) is 1.57. The number of carbonyl (C=O) groups is 1. The molecule has 0 bridgehead atoms. The van der Waals surface area contributed by atoms with E-state index in [2.05, 4.69) is 16.4 Å². The Hall–Kier alpha value is -1.49. The molecule has 2 aliphatic heterocycles. The molecule has 5 heteroatoms. The normalized spacial score (nSPS) is 27.5. The summed E-state index contributed by atoms with van der Waals surface area (Å²) in [5.41, 5.74) is 1.12. The lowest BCUT2D eigenvalue weighted by molar-refractivity contribution is 0.194. The summed E-state index contributed by atoms with van der Waals surface area (Å²) in [4.78, 5) is 19.3. The molecule has 0 aromatic carbocycles. The van der Waals surface area contributed by atoms with Gasteiger partial charge in [0.2, 0.25) is 0 Å². The van der Waals surface area contributed by atoms with Crippen LogP contribution in [0.1, 0.15) is 31.0 Å². The van der Waals surface area contributed by atoms with Crippen LogP contribution in [0.3, 0.4) is 0 Å².